The second-order valence-electron chi connectivity index (χ2n) is 6.08. The molecule has 0 saturated heterocycles. The summed E-state index contributed by atoms with van der Waals surface area (Å²) < 4.78 is 0. The molecule has 8 N–H and O–H groups in total. The zero-order valence-corrected chi connectivity index (χ0v) is 15.3. The van der Waals surface area contributed by atoms with E-state index in [4.69, 9.17) is 27.4 Å². The maximum Gasteiger partial charge on any atom is 0.310 e. The highest BCUT2D eigenvalue weighted by Gasteiger charge is 2.19. The number of hydrogen-bond acceptors (Lipinski definition) is 7. The van der Waals surface area contributed by atoms with Crippen LogP contribution in [0.4, 0.5) is 22.7 Å². The molecule has 0 aliphatic heterocycles. The second kappa shape index (κ2) is 9.21. The van der Waals surface area contributed by atoms with Gasteiger partial charge in [-0.3, -0.25) is 19.7 Å². The van der Waals surface area contributed by atoms with Crippen LogP contribution >= 0.6 is 0 Å². The first kappa shape index (κ1) is 22.2. The molecule has 0 bridgehead atoms. The van der Waals surface area contributed by atoms with Gasteiger partial charge in [-0.15, -0.1) is 0 Å². The van der Waals surface area contributed by atoms with E-state index < -0.39 is 28.7 Å². The Labute approximate surface area is 160 Å². The number of carboxylic acids is 2. The minimum Gasteiger partial charge on any atom is -0.481 e. The number of aliphatic carboxylic acids is 2. The summed E-state index contributed by atoms with van der Waals surface area (Å²) in [4.78, 5) is 31.2. The first-order valence-electron chi connectivity index (χ1n) is 8.10. The third-order valence-corrected chi connectivity index (χ3v) is 4.10. The molecular weight excluding hydrogens is 368 g/mol. The molecule has 28 heavy (non-hydrogen) atoms. The highest BCUT2D eigenvalue weighted by atomic mass is 16.6. The third kappa shape index (κ3) is 5.59. The molecule has 0 spiro atoms. The van der Waals surface area contributed by atoms with E-state index in [2.05, 4.69) is 0 Å². The fourth-order valence-electron chi connectivity index (χ4n) is 2.14. The van der Waals surface area contributed by atoms with Crippen molar-refractivity contribution in [3.63, 3.8) is 0 Å². The van der Waals surface area contributed by atoms with Gasteiger partial charge in [-0.05, 0) is 43.2 Å². The van der Waals surface area contributed by atoms with Gasteiger partial charge in [-0.1, -0.05) is 12.1 Å². The largest absolute Gasteiger partial charge is 0.481 e. The molecule has 0 saturated carbocycles. The number of benzene rings is 2. The first-order valence-corrected chi connectivity index (χ1v) is 8.10. The van der Waals surface area contributed by atoms with Crippen molar-refractivity contribution in [2.75, 3.05) is 17.2 Å². The number of nitrogen functional groups attached to an aromatic ring is 3. The number of nitrogens with two attached hydrogens (primary N) is 3. The molecule has 2 aromatic carbocycles. The van der Waals surface area contributed by atoms with Gasteiger partial charge in [0.05, 0.1) is 28.1 Å². The molecule has 2 atom stereocenters. The molecule has 0 radical (unpaired) electrons. The highest BCUT2D eigenvalue weighted by molar-refractivity contribution is 5.77. The minimum atomic E-state index is -1.03. The summed E-state index contributed by atoms with van der Waals surface area (Å²) in [7, 11) is 0. The Bertz CT molecular complexity index is 900. The molecule has 10 nitrogen and oxygen atoms in total. The molecule has 2 unspecified atom stereocenters. The Balaban J connectivity index is 0.000000283. The van der Waals surface area contributed by atoms with Crippen molar-refractivity contribution in [1.82, 2.24) is 0 Å². The Morgan fingerprint density at radius 2 is 1.29 bits per heavy atom. The molecule has 0 amide bonds. The summed E-state index contributed by atoms with van der Waals surface area (Å²) in [5, 5.41) is 28.0. The molecule has 2 aromatic rings. The van der Waals surface area contributed by atoms with Crippen LogP contribution in [-0.2, 0) is 9.59 Å². The topological polar surface area (TPSA) is 196 Å². The molecule has 0 aliphatic carbocycles. The Kier molecular flexibility index (Phi) is 7.31. The summed E-state index contributed by atoms with van der Waals surface area (Å²) in [5.41, 5.74) is 18.1. The Hall–Kier alpha value is -3.82. The number of rotatable bonds is 5. The molecule has 150 valence electrons. The first-order chi connectivity index (χ1) is 13.0. The lowest BCUT2D eigenvalue weighted by molar-refractivity contribution is -0.384. The van der Waals surface area contributed by atoms with E-state index in [1.165, 1.54) is 25.1 Å². The van der Waals surface area contributed by atoms with E-state index in [1.807, 2.05) is 0 Å². The van der Waals surface area contributed by atoms with E-state index in [0.29, 0.717) is 22.5 Å². The van der Waals surface area contributed by atoms with Crippen LogP contribution in [-0.4, -0.2) is 27.1 Å². The molecular formula is C18H22N4O6. The average Bonchev–Trinajstić information content (AvgIpc) is 2.63. The van der Waals surface area contributed by atoms with Gasteiger partial charge in [0, 0.05) is 6.07 Å². The molecule has 0 fully saturated rings. The lowest BCUT2D eigenvalue weighted by Gasteiger charge is -2.08. The second-order valence-corrected chi connectivity index (χ2v) is 6.08. The van der Waals surface area contributed by atoms with Crippen LogP contribution in [0.25, 0.3) is 0 Å². The van der Waals surface area contributed by atoms with Crippen molar-refractivity contribution in [1.29, 1.82) is 0 Å². The van der Waals surface area contributed by atoms with Crippen molar-refractivity contribution >= 4 is 34.7 Å². The number of nitro groups is 1. The van der Waals surface area contributed by atoms with E-state index >= 15 is 0 Å². The van der Waals surface area contributed by atoms with Gasteiger partial charge in [0.1, 0.15) is 5.69 Å². The van der Waals surface area contributed by atoms with Gasteiger partial charge < -0.3 is 27.4 Å². The average molecular weight is 390 g/mol. The summed E-state index contributed by atoms with van der Waals surface area (Å²) in [6.45, 7) is 3.06. The highest BCUT2D eigenvalue weighted by Crippen LogP contribution is 2.26. The van der Waals surface area contributed by atoms with Crippen LogP contribution < -0.4 is 17.2 Å². The maximum absolute atomic E-state index is 10.7. The van der Waals surface area contributed by atoms with Crippen molar-refractivity contribution in [3.8, 4) is 0 Å². The number of nitrogens with zero attached hydrogens (tertiary/aromatic N) is 1. The van der Waals surface area contributed by atoms with Crippen LogP contribution in [0.15, 0.2) is 36.4 Å². The van der Waals surface area contributed by atoms with Crippen molar-refractivity contribution < 1.29 is 24.7 Å². The molecule has 10 heteroatoms. The molecule has 2 rings (SSSR count). The zero-order valence-electron chi connectivity index (χ0n) is 15.3. The van der Waals surface area contributed by atoms with Gasteiger partial charge in [0.15, 0.2) is 0 Å². The van der Waals surface area contributed by atoms with Crippen LogP contribution in [0.3, 0.4) is 0 Å². The maximum atomic E-state index is 10.7. The van der Waals surface area contributed by atoms with Gasteiger partial charge in [-0.2, -0.15) is 0 Å². The lowest BCUT2D eigenvalue weighted by atomic mass is 10.0. The number of carboxylic acid groups (broad SMARTS) is 2. The van der Waals surface area contributed by atoms with Gasteiger partial charge in [0.25, 0.3) is 5.69 Å². The van der Waals surface area contributed by atoms with Gasteiger partial charge in [0.2, 0.25) is 0 Å². The number of hydrogen-bond donors (Lipinski definition) is 5. The smallest absolute Gasteiger partial charge is 0.310 e. The monoisotopic (exact) mass is 390 g/mol. The summed E-state index contributed by atoms with van der Waals surface area (Å²) in [6.07, 6.45) is 0. The molecule has 0 aliphatic rings. The van der Waals surface area contributed by atoms with Crippen molar-refractivity contribution in [2.45, 2.75) is 25.7 Å². The summed E-state index contributed by atoms with van der Waals surface area (Å²) >= 11 is 0. The van der Waals surface area contributed by atoms with E-state index in [-0.39, 0.29) is 11.4 Å². The lowest BCUT2D eigenvalue weighted by Crippen LogP contribution is -2.08. The van der Waals surface area contributed by atoms with Crippen LogP contribution in [0, 0.1) is 10.1 Å². The van der Waals surface area contributed by atoms with Crippen molar-refractivity contribution in [3.05, 3.63) is 57.6 Å². The van der Waals surface area contributed by atoms with Crippen LogP contribution in [0.2, 0.25) is 0 Å². The fraction of sp³-hybridized carbons (Fsp3) is 0.222. The SMILES string of the molecule is CC(C(=O)O)c1ccc(N)c(N)c1.CC(C(=O)O)c1ccc(N)c([N+](=O)[O-])c1. The summed E-state index contributed by atoms with van der Waals surface area (Å²) in [6, 6.07) is 8.88. The predicted molar refractivity (Wildman–Crippen MR) is 105 cm³/mol. The fourth-order valence-corrected chi connectivity index (χ4v) is 2.14. The zero-order chi connectivity index (χ0) is 21.6. The Morgan fingerprint density at radius 1 is 0.857 bits per heavy atom. The van der Waals surface area contributed by atoms with Gasteiger partial charge >= 0.3 is 11.9 Å². The molecule has 0 aromatic heterocycles. The van der Waals surface area contributed by atoms with Crippen LogP contribution in [0.1, 0.15) is 36.8 Å². The standard InChI is InChI=1S/C9H10N2O4.C9H12N2O2/c1-5(9(12)13)6-2-3-7(10)8(4-6)11(14)15;1-5(9(12)13)6-2-3-7(10)8(11)4-6/h2-5H,10H2,1H3,(H,12,13);2-5H,10-11H2,1H3,(H,12,13). The molecule has 0 heterocycles. The predicted octanol–water partition coefficient (Wildman–Crippen LogP) is 2.40. The minimum absolute atomic E-state index is 0.0290. The van der Waals surface area contributed by atoms with E-state index in [9.17, 15) is 19.7 Å². The summed E-state index contributed by atoms with van der Waals surface area (Å²) in [5.74, 6) is -3.24. The number of carbonyl (C=O) groups is 2. The van der Waals surface area contributed by atoms with E-state index in [0.717, 1.165) is 0 Å². The van der Waals surface area contributed by atoms with Crippen molar-refractivity contribution in [2.24, 2.45) is 0 Å². The quantitative estimate of drug-likeness (QED) is 0.289. The Morgan fingerprint density at radius 3 is 1.68 bits per heavy atom. The van der Waals surface area contributed by atoms with E-state index in [1.54, 1.807) is 25.1 Å². The number of nitro benzene ring substituents is 1. The third-order valence-electron chi connectivity index (χ3n) is 4.10. The normalized spacial score (nSPS) is 12.2. The van der Waals surface area contributed by atoms with Crippen LogP contribution in [0.5, 0.6) is 0 Å². The van der Waals surface area contributed by atoms with Gasteiger partial charge in [-0.25, -0.2) is 0 Å². The number of anilines is 3.